The van der Waals surface area contributed by atoms with Crippen LogP contribution in [0.15, 0.2) is 36.5 Å². The lowest BCUT2D eigenvalue weighted by Crippen LogP contribution is -2.32. The molecule has 0 bridgehead atoms. The van der Waals surface area contributed by atoms with Crippen molar-refractivity contribution in [1.82, 2.24) is 10.3 Å². The SMILES string of the molecule is CCC(C)NC(=O)c1ccc(Nc2cc(OC)ccc2OC)cn1. The normalized spacial score (nSPS) is 11.5. The summed E-state index contributed by atoms with van der Waals surface area (Å²) in [5.41, 5.74) is 1.90. The number of carbonyl (C=O) groups excluding carboxylic acids is 1. The van der Waals surface area contributed by atoms with Gasteiger partial charge in [0.25, 0.3) is 5.91 Å². The molecule has 2 rings (SSSR count). The van der Waals surface area contributed by atoms with Crippen molar-refractivity contribution in [2.45, 2.75) is 26.3 Å². The Labute approximate surface area is 142 Å². The first-order chi connectivity index (χ1) is 11.6. The van der Waals surface area contributed by atoms with E-state index in [1.165, 1.54) is 0 Å². The van der Waals surface area contributed by atoms with Crippen molar-refractivity contribution in [1.29, 1.82) is 0 Å². The summed E-state index contributed by atoms with van der Waals surface area (Å²) in [5.74, 6) is 1.24. The number of methoxy groups -OCH3 is 2. The molecule has 6 heteroatoms. The Morgan fingerprint density at radius 1 is 1.21 bits per heavy atom. The molecule has 1 unspecified atom stereocenters. The predicted molar refractivity (Wildman–Crippen MR) is 94.3 cm³/mol. The van der Waals surface area contributed by atoms with E-state index in [0.29, 0.717) is 11.4 Å². The third kappa shape index (κ3) is 4.38. The van der Waals surface area contributed by atoms with Crippen LogP contribution in [-0.4, -0.2) is 31.2 Å². The maximum Gasteiger partial charge on any atom is 0.270 e. The predicted octanol–water partition coefficient (Wildman–Crippen LogP) is 3.37. The van der Waals surface area contributed by atoms with Crippen LogP contribution in [0.4, 0.5) is 11.4 Å². The Hall–Kier alpha value is -2.76. The topological polar surface area (TPSA) is 72.5 Å². The molecule has 0 aliphatic rings. The van der Waals surface area contributed by atoms with E-state index in [0.717, 1.165) is 23.5 Å². The Balaban J connectivity index is 2.13. The smallest absolute Gasteiger partial charge is 0.270 e. The first-order valence-electron chi connectivity index (χ1n) is 7.83. The van der Waals surface area contributed by atoms with Crippen molar-refractivity contribution < 1.29 is 14.3 Å². The number of pyridine rings is 1. The largest absolute Gasteiger partial charge is 0.497 e. The number of hydrogen-bond donors (Lipinski definition) is 2. The molecule has 1 aromatic heterocycles. The van der Waals surface area contributed by atoms with Crippen LogP contribution in [0.25, 0.3) is 0 Å². The Kier molecular flexibility index (Phi) is 6.01. The summed E-state index contributed by atoms with van der Waals surface area (Å²) in [6.45, 7) is 3.98. The molecule has 0 aliphatic heterocycles. The third-order valence-corrected chi connectivity index (χ3v) is 3.67. The molecule has 0 saturated carbocycles. The van der Waals surface area contributed by atoms with Gasteiger partial charge in [0.05, 0.1) is 31.8 Å². The molecule has 1 atom stereocenters. The van der Waals surface area contributed by atoms with Crippen LogP contribution in [0.1, 0.15) is 30.8 Å². The summed E-state index contributed by atoms with van der Waals surface area (Å²) in [4.78, 5) is 16.3. The lowest BCUT2D eigenvalue weighted by molar-refractivity contribution is 0.0934. The van der Waals surface area contributed by atoms with Crippen molar-refractivity contribution in [3.63, 3.8) is 0 Å². The van der Waals surface area contributed by atoms with E-state index in [1.54, 1.807) is 32.5 Å². The molecule has 0 fully saturated rings. The van der Waals surface area contributed by atoms with Crippen molar-refractivity contribution in [3.8, 4) is 11.5 Å². The van der Waals surface area contributed by atoms with Crippen molar-refractivity contribution in [2.75, 3.05) is 19.5 Å². The van der Waals surface area contributed by atoms with Crippen LogP contribution in [0.5, 0.6) is 11.5 Å². The number of carbonyl (C=O) groups is 1. The average molecular weight is 329 g/mol. The first-order valence-corrected chi connectivity index (χ1v) is 7.83. The van der Waals surface area contributed by atoms with Crippen LogP contribution >= 0.6 is 0 Å². The molecule has 128 valence electrons. The van der Waals surface area contributed by atoms with E-state index in [-0.39, 0.29) is 11.9 Å². The standard InChI is InChI=1S/C18H23N3O3/c1-5-12(2)20-18(22)15-8-6-13(11-19-15)21-16-10-14(23-3)7-9-17(16)24-4/h6-12,21H,5H2,1-4H3,(H,20,22). The van der Waals surface area contributed by atoms with Gasteiger partial charge in [0.2, 0.25) is 0 Å². The van der Waals surface area contributed by atoms with Crippen LogP contribution < -0.4 is 20.1 Å². The minimum Gasteiger partial charge on any atom is -0.497 e. The number of aromatic nitrogens is 1. The fourth-order valence-electron chi connectivity index (χ4n) is 2.07. The molecule has 2 N–H and O–H groups in total. The Morgan fingerprint density at radius 3 is 2.58 bits per heavy atom. The molecule has 1 aromatic carbocycles. The van der Waals surface area contributed by atoms with Crippen LogP contribution in [0.2, 0.25) is 0 Å². The first kappa shape index (κ1) is 17.6. The maximum absolute atomic E-state index is 12.0. The van der Waals surface area contributed by atoms with Gasteiger partial charge in [-0.2, -0.15) is 0 Å². The zero-order valence-corrected chi connectivity index (χ0v) is 14.4. The number of nitrogens with one attached hydrogen (secondary N) is 2. The molecule has 2 aromatic rings. The number of anilines is 2. The molecule has 0 spiro atoms. The molecule has 0 radical (unpaired) electrons. The lowest BCUT2D eigenvalue weighted by Gasteiger charge is -2.13. The van der Waals surface area contributed by atoms with E-state index in [1.807, 2.05) is 32.0 Å². The highest BCUT2D eigenvalue weighted by molar-refractivity contribution is 5.92. The summed E-state index contributed by atoms with van der Waals surface area (Å²) in [5, 5.41) is 6.11. The quantitative estimate of drug-likeness (QED) is 0.815. The van der Waals surface area contributed by atoms with Gasteiger partial charge in [-0.3, -0.25) is 4.79 Å². The van der Waals surface area contributed by atoms with Crippen LogP contribution in [0, 0.1) is 0 Å². The summed E-state index contributed by atoms with van der Waals surface area (Å²) in [7, 11) is 3.21. The molecular weight excluding hydrogens is 306 g/mol. The molecule has 6 nitrogen and oxygen atoms in total. The average Bonchev–Trinajstić information content (AvgIpc) is 2.62. The van der Waals surface area contributed by atoms with Gasteiger partial charge in [-0.1, -0.05) is 6.92 Å². The zero-order chi connectivity index (χ0) is 17.5. The molecule has 0 saturated heterocycles. The Bertz CT molecular complexity index is 686. The van der Waals surface area contributed by atoms with Crippen LogP contribution in [0.3, 0.4) is 0 Å². The number of hydrogen-bond acceptors (Lipinski definition) is 5. The fourth-order valence-corrected chi connectivity index (χ4v) is 2.07. The van der Waals surface area contributed by atoms with E-state index >= 15 is 0 Å². The minimum atomic E-state index is -0.171. The number of ether oxygens (including phenoxy) is 2. The van der Waals surface area contributed by atoms with E-state index in [9.17, 15) is 4.79 Å². The minimum absolute atomic E-state index is 0.123. The summed E-state index contributed by atoms with van der Waals surface area (Å²) in [6.07, 6.45) is 2.49. The van der Waals surface area contributed by atoms with Crippen molar-refractivity contribution >= 4 is 17.3 Å². The van der Waals surface area contributed by atoms with Gasteiger partial charge in [-0.25, -0.2) is 4.98 Å². The number of rotatable bonds is 7. The molecule has 24 heavy (non-hydrogen) atoms. The number of benzene rings is 1. The zero-order valence-electron chi connectivity index (χ0n) is 14.4. The van der Waals surface area contributed by atoms with Gasteiger partial charge in [0.1, 0.15) is 17.2 Å². The molecule has 0 aliphatic carbocycles. The molecule has 1 amide bonds. The maximum atomic E-state index is 12.0. The fraction of sp³-hybridized carbons (Fsp3) is 0.333. The van der Waals surface area contributed by atoms with Crippen molar-refractivity contribution in [2.24, 2.45) is 0 Å². The van der Waals surface area contributed by atoms with Gasteiger partial charge in [0, 0.05) is 12.1 Å². The van der Waals surface area contributed by atoms with Gasteiger partial charge in [0.15, 0.2) is 0 Å². The third-order valence-electron chi connectivity index (χ3n) is 3.67. The van der Waals surface area contributed by atoms with E-state index in [4.69, 9.17) is 9.47 Å². The second kappa shape index (κ2) is 8.19. The van der Waals surface area contributed by atoms with Crippen LogP contribution in [-0.2, 0) is 0 Å². The second-order valence-corrected chi connectivity index (χ2v) is 5.41. The summed E-state index contributed by atoms with van der Waals surface area (Å²) < 4.78 is 10.6. The summed E-state index contributed by atoms with van der Waals surface area (Å²) in [6, 6.07) is 9.10. The van der Waals surface area contributed by atoms with Gasteiger partial charge in [-0.05, 0) is 37.6 Å². The van der Waals surface area contributed by atoms with Gasteiger partial charge < -0.3 is 20.1 Å². The van der Waals surface area contributed by atoms with Gasteiger partial charge in [-0.15, -0.1) is 0 Å². The molecule has 1 heterocycles. The van der Waals surface area contributed by atoms with Gasteiger partial charge >= 0.3 is 0 Å². The highest BCUT2D eigenvalue weighted by Gasteiger charge is 2.10. The second-order valence-electron chi connectivity index (χ2n) is 5.41. The highest BCUT2D eigenvalue weighted by atomic mass is 16.5. The number of nitrogens with zero attached hydrogens (tertiary/aromatic N) is 1. The molecular formula is C18H23N3O3. The van der Waals surface area contributed by atoms with E-state index < -0.39 is 0 Å². The van der Waals surface area contributed by atoms with E-state index in [2.05, 4.69) is 15.6 Å². The summed E-state index contributed by atoms with van der Waals surface area (Å²) >= 11 is 0. The highest BCUT2D eigenvalue weighted by Crippen LogP contribution is 2.31. The Morgan fingerprint density at radius 2 is 2.00 bits per heavy atom. The number of amides is 1. The van der Waals surface area contributed by atoms with Crippen molar-refractivity contribution in [3.05, 3.63) is 42.2 Å². The monoisotopic (exact) mass is 329 g/mol. The lowest BCUT2D eigenvalue weighted by atomic mass is 10.2.